The Labute approximate surface area is 176 Å². The Balaban J connectivity index is 1.63. The van der Waals surface area contributed by atoms with Gasteiger partial charge in [-0.25, -0.2) is 0 Å². The van der Waals surface area contributed by atoms with Crippen molar-refractivity contribution in [1.29, 1.82) is 0 Å². The van der Waals surface area contributed by atoms with Gasteiger partial charge in [-0.05, 0) is 38.5 Å². The number of ether oxygens (including phenoxy) is 1. The number of pyridine rings is 2. The van der Waals surface area contributed by atoms with Crippen LogP contribution < -0.4 is 9.64 Å². The van der Waals surface area contributed by atoms with Crippen LogP contribution in [-0.4, -0.2) is 37.9 Å². The van der Waals surface area contributed by atoms with Crippen molar-refractivity contribution in [2.24, 2.45) is 0 Å². The highest BCUT2D eigenvalue weighted by molar-refractivity contribution is 6.10. The number of hydrogen-bond acceptors (Lipinski definition) is 5. The van der Waals surface area contributed by atoms with Gasteiger partial charge in [0.25, 0.3) is 5.91 Å². The molecule has 0 atom stereocenters. The third-order valence-electron chi connectivity index (χ3n) is 4.71. The first-order chi connectivity index (χ1) is 14.6. The Morgan fingerprint density at radius 2 is 1.97 bits per heavy atom. The minimum absolute atomic E-state index is 0.00351. The number of anilines is 1. The molecule has 0 bridgehead atoms. The summed E-state index contributed by atoms with van der Waals surface area (Å²) >= 11 is 0. The molecule has 3 aromatic rings. The van der Waals surface area contributed by atoms with E-state index in [0.717, 1.165) is 15.8 Å². The van der Waals surface area contributed by atoms with Crippen molar-refractivity contribution in [2.75, 3.05) is 4.90 Å². The quantitative estimate of drug-likeness (QED) is 0.607. The molecule has 4 heterocycles. The van der Waals surface area contributed by atoms with Crippen LogP contribution in [0.1, 0.15) is 35.5 Å². The van der Waals surface area contributed by atoms with Gasteiger partial charge in [-0.15, -0.1) is 0 Å². The van der Waals surface area contributed by atoms with E-state index in [1.165, 1.54) is 17.3 Å². The van der Waals surface area contributed by atoms with Crippen LogP contribution in [0, 0.1) is 6.92 Å². The van der Waals surface area contributed by atoms with Gasteiger partial charge in [0.2, 0.25) is 0 Å². The number of rotatable bonds is 5. The fourth-order valence-corrected chi connectivity index (χ4v) is 3.52. The van der Waals surface area contributed by atoms with Crippen LogP contribution in [-0.2, 0) is 13.1 Å². The summed E-state index contributed by atoms with van der Waals surface area (Å²) in [6.07, 6.45) is 1.35. The number of hydrogen-bond donors (Lipinski definition) is 0. The van der Waals surface area contributed by atoms with Crippen LogP contribution in [0.2, 0.25) is 0 Å². The molecule has 10 heteroatoms. The predicted molar refractivity (Wildman–Crippen MR) is 107 cm³/mol. The highest BCUT2D eigenvalue weighted by Crippen LogP contribution is 2.32. The van der Waals surface area contributed by atoms with Gasteiger partial charge in [-0.2, -0.15) is 18.3 Å². The molecule has 0 spiro atoms. The standard InChI is InChI=1S/C21H20F3N5O2/c1-12(2)31-16-5-14(6-25-8-16)17-4-13(3)19-18(27-17)10-29(20(19)30)15-7-26-28(9-15)11-21(22,23)24/h4-9,12H,10-11H2,1-3H3. The summed E-state index contributed by atoms with van der Waals surface area (Å²) in [5.41, 5.74) is 3.41. The maximum absolute atomic E-state index is 12.9. The average Bonchev–Trinajstić information content (AvgIpc) is 3.24. The Hall–Kier alpha value is -3.43. The highest BCUT2D eigenvalue weighted by Gasteiger charge is 2.34. The molecule has 0 aromatic carbocycles. The minimum atomic E-state index is -4.39. The summed E-state index contributed by atoms with van der Waals surface area (Å²) in [7, 11) is 0. The largest absolute Gasteiger partial charge is 0.489 e. The smallest absolute Gasteiger partial charge is 0.408 e. The number of fused-ring (bicyclic) bond motifs is 1. The van der Waals surface area contributed by atoms with Gasteiger partial charge in [0, 0.05) is 18.0 Å². The van der Waals surface area contributed by atoms with Crippen LogP contribution >= 0.6 is 0 Å². The number of aryl methyl sites for hydroxylation is 1. The van der Waals surface area contributed by atoms with E-state index in [4.69, 9.17) is 4.74 Å². The van der Waals surface area contributed by atoms with Gasteiger partial charge in [-0.3, -0.25) is 24.3 Å². The zero-order valence-corrected chi connectivity index (χ0v) is 17.1. The van der Waals surface area contributed by atoms with Crippen molar-refractivity contribution in [3.8, 4) is 17.0 Å². The van der Waals surface area contributed by atoms with E-state index >= 15 is 0 Å². The first kappa shape index (κ1) is 20.8. The number of carbonyl (C=O) groups excluding carboxylic acids is 1. The van der Waals surface area contributed by atoms with E-state index in [-0.39, 0.29) is 18.6 Å². The third kappa shape index (κ3) is 4.37. The summed E-state index contributed by atoms with van der Waals surface area (Å²) in [4.78, 5) is 23.1. The normalized spacial score (nSPS) is 13.8. The molecule has 7 nitrogen and oxygen atoms in total. The van der Waals surface area contributed by atoms with Crippen molar-refractivity contribution in [3.05, 3.63) is 53.7 Å². The van der Waals surface area contributed by atoms with Gasteiger partial charge in [0.1, 0.15) is 12.3 Å². The van der Waals surface area contributed by atoms with Gasteiger partial charge in [-0.1, -0.05) is 0 Å². The van der Waals surface area contributed by atoms with Crippen molar-refractivity contribution in [2.45, 2.75) is 46.1 Å². The molecular weight excluding hydrogens is 411 g/mol. The number of alkyl halides is 3. The fourth-order valence-electron chi connectivity index (χ4n) is 3.52. The average molecular weight is 431 g/mol. The molecule has 0 N–H and O–H groups in total. The first-order valence-corrected chi connectivity index (χ1v) is 9.64. The molecule has 1 aliphatic rings. The number of carbonyl (C=O) groups is 1. The fraction of sp³-hybridized carbons (Fsp3) is 0.333. The molecular formula is C21H20F3N5O2. The predicted octanol–water partition coefficient (Wildman–Crippen LogP) is 4.16. The molecule has 1 aliphatic heterocycles. The number of amides is 1. The van der Waals surface area contributed by atoms with Gasteiger partial charge < -0.3 is 4.74 Å². The SMILES string of the molecule is Cc1cc(-c2cncc(OC(C)C)c2)nc2c1C(=O)N(c1cnn(CC(F)(F)F)c1)C2. The van der Waals surface area contributed by atoms with E-state index in [2.05, 4.69) is 15.1 Å². The number of aromatic nitrogens is 4. The number of halogens is 3. The Kier molecular flexibility index (Phi) is 5.16. The summed E-state index contributed by atoms with van der Waals surface area (Å²) in [5.74, 6) is 0.301. The van der Waals surface area contributed by atoms with E-state index < -0.39 is 12.7 Å². The zero-order chi connectivity index (χ0) is 22.3. The maximum atomic E-state index is 12.9. The molecule has 0 fully saturated rings. The summed E-state index contributed by atoms with van der Waals surface area (Å²) in [6, 6.07) is 3.63. The molecule has 162 valence electrons. The van der Waals surface area contributed by atoms with Gasteiger partial charge >= 0.3 is 6.18 Å². The van der Waals surface area contributed by atoms with E-state index in [0.29, 0.717) is 28.4 Å². The second-order valence-electron chi connectivity index (χ2n) is 7.62. The lowest BCUT2D eigenvalue weighted by Gasteiger charge is -2.12. The van der Waals surface area contributed by atoms with Crippen molar-refractivity contribution >= 4 is 11.6 Å². The van der Waals surface area contributed by atoms with E-state index in [1.807, 2.05) is 19.9 Å². The summed E-state index contributed by atoms with van der Waals surface area (Å²) < 4.78 is 44.3. The molecule has 1 amide bonds. The molecule has 31 heavy (non-hydrogen) atoms. The van der Waals surface area contributed by atoms with Crippen molar-refractivity contribution in [1.82, 2.24) is 19.7 Å². The monoisotopic (exact) mass is 431 g/mol. The zero-order valence-electron chi connectivity index (χ0n) is 17.1. The van der Waals surface area contributed by atoms with Crippen LogP contribution in [0.5, 0.6) is 5.75 Å². The van der Waals surface area contributed by atoms with Gasteiger partial charge in [0.05, 0.1) is 47.7 Å². The molecule has 0 saturated carbocycles. The van der Waals surface area contributed by atoms with Crippen LogP contribution in [0.15, 0.2) is 36.9 Å². The molecule has 4 rings (SSSR count). The van der Waals surface area contributed by atoms with Crippen molar-refractivity contribution < 1.29 is 22.7 Å². The second kappa shape index (κ2) is 7.68. The topological polar surface area (TPSA) is 73.1 Å². The van der Waals surface area contributed by atoms with Crippen LogP contribution in [0.4, 0.5) is 18.9 Å². The Bertz CT molecular complexity index is 1140. The lowest BCUT2D eigenvalue weighted by atomic mass is 10.1. The molecule has 0 saturated heterocycles. The Morgan fingerprint density at radius 3 is 2.68 bits per heavy atom. The Morgan fingerprint density at radius 1 is 1.19 bits per heavy atom. The second-order valence-corrected chi connectivity index (χ2v) is 7.62. The number of nitrogens with zero attached hydrogens (tertiary/aromatic N) is 5. The van der Waals surface area contributed by atoms with Gasteiger partial charge in [0.15, 0.2) is 0 Å². The van der Waals surface area contributed by atoms with Crippen LogP contribution in [0.25, 0.3) is 11.3 Å². The lowest BCUT2D eigenvalue weighted by Crippen LogP contribution is -2.23. The molecule has 0 unspecified atom stereocenters. The van der Waals surface area contributed by atoms with Crippen LogP contribution in [0.3, 0.4) is 0 Å². The molecule has 0 aliphatic carbocycles. The third-order valence-corrected chi connectivity index (χ3v) is 4.71. The van der Waals surface area contributed by atoms with E-state index in [1.54, 1.807) is 25.4 Å². The summed E-state index contributed by atoms with van der Waals surface area (Å²) in [6.45, 7) is 4.57. The first-order valence-electron chi connectivity index (χ1n) is 9.64. The molecule has 0 radical (unpaired) electrons. The lowest BCUT2D eigenvalue weighted by molar-refractivity contribution is -0.142. The maximum Gasteiger partial charge on any atom is 0.408 e. The highest BCUT2D eigenvalue weighted by atomic mass is 19.4. The van der Waals surface area contributed by atoms with Crippen molar-refractivity contribution in [3.63, 3.8) is 0 Å². The van der Waals surface area contributed by atoms with E-state index in [9.17, 15) is 18.0 Å². The minimum Gasteiger partial charge on any atom is -0.489 e. The summed E-state index contributed by atoms with van der Waals surface area (Å²) in [5, 5.41) is 3.72. The molecule has 3 aromatic heterocycles.